The number of halogens is 2. The van der Waals surface area contributed by atoms with E-state index in [0.717, 1.165) is 18.8 Å². The highest BCUT2D eigenvalue weighted by Crippen LogP contribution is 2.39. The van der Waals surface area contributed by atoms with Gasteiger partial charge in [-0.05, 0) is 68.7 Å². The highest BCUT2D eigenvalue weighted by Gasteiger charge is 2.41. The van der Waals surface area contributed by atoms with Gasteiger partial charge in [0.1, 0.15) is 5.56 Å². The minimum atomic E-state index is -0.314. The highest BCUT2D eigenvalue weighted by molar-refractivity contribution is 6.43. The Balaban J connectivity index is 1.27. The van der Waals surface area contributed by atoms with Crippen molar-refractivity contribution in [3.63, 3.8) is 0 Å². The molecule has 0 bridgehead atoms. The predicted octanol–water partition coefficient (Wildman–Crippen LogP) is 5.17. The molecule has 36 heavy (non-hydrogen) atoms. The van der Waals surface area contributed by atoms with E-state index in [1.165, 1.54) is 23.3 Å². The van der Waals surface area contributed by atoms with Crippen LogP contribution < -0.4 is 15.1 Å². The molecule has 0 saturated carbocycles. The van der Waals surface area contributed by atoms with E-state index in [0.29, 0.717) is 58.0 Å². The van der Waals surface area contributed by atoms with Crippen LogP contribution in [-0.2, 0) is 0 Å². The molecule has 3 aliphatic rings. The summed E-state index contributed by atoms with van der Waals surface area (Å²) in [6.45, 7) is 3.39. The molecule has 10 heteroatoms. The Hall–Kier alpha value is -3.20. The van der Waals surface area contributed by atoms with Crippen molar-refractivity contribution < 1.29 is 4.79 Å². The van der Waals surface area contributed by atoms with E-state index in [-0.39, 0.29) is 5.91 Å². The van der Waals surface area contributed by atoms with Gasteiger partial charge in [0.05, 0.1) is 22.3 Å². The lowest BCUT2D eigenvalue weighted by molar-refractivity contribution is 0.1000. The van der Waals surface area contributed by atoms with Gasteiger partial charge < -0.3 is 10.2 Å². The number of carbonyl (C=O) groups is 1. The lowest BCUT2D eigenvalue weighted by Crippen LogP contribution is -2.51. The van der Waals surface area contributed by atoms with Crippen molar-refractivity contribution in [2.75, 3.05) is 48.3 Å². The fourth-order valence-electron chi connectivity index (χ4n) is 5.04. The first-order valence-electron chi connectivity index (χ1n) is 12.0. The number of rotatable bonds is 4. The van der Waals surface area contributed by atoms with Crippen molar-refractivity contribution in [1.82, 2.24) is 14.9 Å². The van der Waals surface area contributed by atoms with E-state index in [2.05, 4.69) is 51.5 Å². The van der Waals surface area contributed by atoms with Crippen molar-refractivity contribution >= 4 is 58.2 Å². The molecule has 1 N–H and O–H groups in total. The Morgan fingerprint density at radius 2 is 1.72 bits per heavy atom. The summed E-state index contributed by atoms with van der Waals surface area (Å²) in [5.74, 6) is 1.70. The smallest absolute Gasteiger partial charge is 0.270 e. The number of aromatic nitrogens is 2. The first kappa shape index (κ1) is 23.2. The molecule has 1 fully saturated rings. The molecule has 1 amide bonds. The number of anilines is 4. The monoisotopic (exact) mass is 521 g/mol. The van der Waals surface area contributed by atoms with E-state index >= 15 is 0 Å². The molecule has 184 valence electrons. The molecule has 8 nitrogen and oxygen atoms in total. The Morgan fingerprint density at radius 3 is 2.44 bits per heavy atom. The summed E-state index contributed by atoms with van der Waals surface area (Å²) in [6, 6.07) is 13.6. The van der Waals surface area contributed by atoms with Gasteiger partial charge in [0, 0.05) is 18.4 Å². The zero-order valence-corrected chi connectivity index (χ0v) is 21.3. The molecule has 4 heterocycles. The lowest BCUT2D eigenvalue weighted by atomic mass is 9.89. The molecule has 1 aromatic heterocycles. The van der Waals surface area contributed by atoms with Crippen LogP contribution >= 0.6 is 23.2 Å². The standard InChI is InChI=1S/C26H25Cl2N7O/c1-33-12-9-17(10-13-33)16-5-7-18(8-6-16)31-25-30-15-19-23(32-25)34-14-11-29-26(34)35(24(19)36)22-20(27)3-2-4-21(22)28/h2-8,15,17H,9-14H2,1H3,(H,30,31,32). The zero-order valence-electron chi connectivity index (χ0n) is 19.8. The summed E-state index contributed by atoms with van der Waals surface area (Å²) in [5, 5.41) is 4.03. The van der Waals surface area contributed by atoms with E-state index in [1.54, 1.807) is 24.4 Å². The molecule has 0 spiro atoms. The number of carbonyl (C=O) groups excluding carboxylic acids is 1. The predicted molar refractivity (Wildman–Crippen MR) is 144 cm³/mol. The van der Waals surface area contributed by atoms with Gasteiger partial charge in [0.15, 0.2) is 5.82 Å². The number of hydrogen-bond donors (Lipinski definition) is 1. The van der Waals surface area contributed by atoms with Crippen LogP contribution in [0.1, 0.15) is 34.7 Å². The summed E-state index contributed by atoms with van der Waals surface area (Å²) in [5.41, 5.74) is 3.04. The van der Waals surface area contributed by atoms with E-state index in [9.17, 15) is 4.79 Å². The Morgan fingerprint density at radius 1 is 1.00 bits per heavy atom. The molecule has 0 atom stereocenters. The summed E-state index contributed by atoms with van der Waals surface area (Å²) in [7, 11) is 2.18. The van der Waals surface area contributed by atoms with Crippen LogP contribution in [0.5, 0.6) is 0 Å². The average Bonchev–Trinajstić information content (AvgIpc) is 3.37. The Labute approximate surface area is 219 Å². The second kappa shape index (κ2) is 9.35. The first-order chi connectivity index (χ1) is 17.5. The number of fused-ring (bicyclic) bond motifs is 3. The molecule has 0 radical (unpaired) electrons. The SMILES string of the molecule is CN1CCC(c2ccc(Nc3ncc4c(n3)N3CCN=C3N(c3c(Cl)cccc3Cl)C4=O)cc2)CC1. The lowest BCUT2D eigenvalue weighted by Gasteiger charge is -2.35. The molecule has 2 aromatic carbocycles. The third-order valence-electron chi connectivity index (χ3n) is 6.99. The number of piperidine rings is 1. The second-order valence-electron chi connectivity index (χ2n) is 9.30. The topological polar surface area (TPSA) is 77.0 Å². The van der Waals surface area contributed by atoms with Crippen LogP contribution in [0.15, 0.2) is 53.7 Å². The van der Waals surface area contributed by atoms with Crippen molar-refractivity contribution in [2.45, 2.75) is 18.8 Å². The number of para-hydroxylation sites is 1. The fourth-order valence-corrected chi connectivity index (χ4v) is 5.61. The van der Waals surface area contributed by atoms with Crippen molar-refractivity contribution in [3.8, 4) is 0 Å². The van der Waals surface area contributed by atoms with Gasteiger partial charge in [-0.25, -0.2) is 9.88 Å². The van der Waals surface area contributed by atoms with Gasteiger partial charge in [-0.3, -0.25) is 14.7 Å². The average molecular weight is 522 g/mol. The second-order valence-corrected chi connectivity index (χ2v) is 10.1. The van der Waals surface area contributed by atoms with Crippen LogP contribution in [0.4, 0.5) is 23.1 Å². The van der Waals surface area contributed by atoms with Crippen LogP contribution in [0.3, 0.4) is 0 Å². The number of benzene rings is 2. The zero-order chi connectivity index (χ0) is 24.8. The normalized spacial score (nSPS) is 18.2. The molecular weight excluding hydrogens is 497 g/mol. The van der Waals surface area contributed by atoms with Crippen molar-refractivity contribution in [1.29, 1.82) is 0 Å². The minimum absolute atomic E-state index is 0.314. The third-order valence-corrected chi connectivity index (χ3v) is 7.60. The number of nitrogens with zero attached hydrogens (tertiary/aromatic N) is 6. The molecular formula is C26H25Cl2N7O. The number of hydrogen-bond acceptors (Lipinski definition) is 7. The number of guanidine groups is 1. The van der Waals surface area contributed by atoms with Gasteiger partial charge in [-0.15, -0.1) is 0 Å². The number of nitrogens with one attached hydrogen (secondary N) is 1. The van der Waals surface area contributed by atoms with Gasteiger partial charge in [-0.2, -0.15) is 4.98 Å². The quantitative estimate of drug-likeness (QED) is 0.510. The summed E-state index contributed by atoms with van der Waals surface area (Å²) in [6.07, 6.45) is 3.91. The molecule has 3 aromatic rings. The van der Waals surface area contributed by atoms with Crippen LogP contribution in [0.25, 0.3) is 0 Å². The van der Waals surface area contributed by atoms with E-state index in [4.69, 9.17) is 28.2 Å². The first-order valence-corrected chi connectivity index (χ1v) is 12.8. The third kappa shape index (κ3) is 4.09. The van der Waals surface area contributed by atoms with Gasteiger partial charge >= 0.3 is 0 Å². The van der Waals surface area contributed by atoms with Gasteiger partial charge in [0.25, 0.3) is 5.91 Å². The Kier molecular flexibility index (Phi) is 6.03. The molecule has 0 unspecified atom stereocenters. The maximum absolute atomic E-state index is 13.5. The Bertz CT molecular complexity index is 1330. The molecule has 3 aliphatic heterocycles. The van der Waals surface area contributed by atoms with Crippen LogP contribution in [0, 0.1) is 0 Å². The van der Waals surface area contributed by atoms with E-state index in [1.807, 2.05) is 4.90 Å². The molecule has 6 rings (SSSR count). The molecule has 1 saturated heterocycles. The van der Waals surface area contributed by atoms with Crippen LogP contribution in [0.2, 0.25) is 10.0 Å². The number of likely N-dealkylation sites (tertiary alicyclic amines) is 1. The number of aliphatic imine (C=N–C) groups is 1. The fraction of sp³-hybridized carbons (Fsp3) is 0.308. The van der Waals surface area contributed by atoms with Gasteiger partial charge in [0.2, 0.25) is 11.9 Å². The summed E-state index contributed by atoms with van der Waals surface area (Å²) < 4.78 is 0. The highest BCUT2D eigenvalue weighted by atomic mass is 35.5. The largest absolute Gasteiger partial charge is 0.324 e. The maximum Gasteiger partial charge on any atom is 0.270 e. The van der Waals surface area contributed by atoms with E-state index < -0.39 is 0 Å². The number of amides is 1. The maximum atomic E-state index is 13.5. The van der Waals surface area contributed by atoms with Crippen LogP contribution in [-0.4, -0.2) is 60.0 Å². The minimum Gasteiger partial charge on any atom is -0.324 e. The summed E-state index contributed by atoms with van der Waals surface area (Å²) >= 11 is 12.9. The van der Waals surface area contributed by atoms with Crippen molar-refractivity contribution in [2.24, 2.45) is 4.99 Å². The van der Waals surface area contributed by atoms with Gasteiger partial charge in [-0.1, -0.05) is 41.4 Å². The van der Waals surface area contributed by atoms with Crippen molar-refractivity contribution in [3.05, 3.63) is 69.8 Å². The molecule has 0 aliphatic carbocycles. The summed E-state index contributed by atoms with van der Waals surface area (Å²) in [4.78, 5) is 33.0.